The van der Waals surface area contributed by atoms with Crippen molar-refractivity contribution >= 4 is 16.7 Å². The van der Waals surface area contributed by atoms with Crippen LogP contribution in [0.3, 0.4) is 0 Å². The highest BCUT2D eigenvalue weighted by Gasteiger charge is 2.37. The van der Waals surface area contributed by atoms with Crippen LogP contribution < -0.4 is 4.74 Å². The summed E-state index contributed by atoms with van der Waals surface area (Å²) in [4.78, 5) is 15.5. The van der Waals surface area contributed by atoms with Crippen LogP contribution in [0.1, 0.15) is 34.1 Å². The molecule has 5 rings (SSSR count). The fourth-order valence-corrected chi connectivity index (χ4v) is 4.82. The number of hydrogen-bond acceptors (Lipinski definition) is 5. The second-order valence-corrected chi connectivity index (χ2v) is 10.9. The van der Waals surface area contributed by atoms with Gasteiger partial charge >= 0.3 is 6.18 Å². The minimum absolute atomic E-state index is 0.0756. The predicted octanol–water partition coefficient (Wildman–Crippen LogP) is 4.34. The Morgan fingerprint density at radius 1 is 1.22 bits per heavy atom. The van der Waals surface area contributed by atoms with Crippen LogP contribution in [0, 0.1) is 11.2 Å². The number of amides is 1. The van der Waals surface area contributed by atoms with Crippen molar-refractivity contribution in [3.63, 3.8) is 0 Å². The number of nitrogens with zero attached hydrogens (tertiary/aromatic N) is 3. The maximum absolute atomic E-state index is 14.6. The molecule has 3 aromatic rings. The van der Waals surface area contributed by atoms with Gasteiger partial charge in [-0.25, -0.2) is 9.07 Å². The summed E-state index contributed by atoms with van der Waals surface area (Å²) in [5, 5.41) is 4.25. The highest BCUT2D eigenvalue weighted by Crippen LogP contribution is 2.35. The van der Waals surface area contributed by atoms with Crippen LogP contribution in [0.25, 0.3) is 5.69 Å². The van der Waals surface area contributed by atoms with Crippen LogP contribution in [0.4, 0.5) is 17.6 Å². The Bertz CT molecular complexity index is 1380. The lowest BCUT2D eigenvalue weighted by atomic mass is 9.90. The van der Waals surface area contributed by atoms with E-state index in [1.54, 1.807) is 18.2 Å². The molecule has 1 saturated heterocycles. The lowest BCUT2D eigenvalue weighted by molar-refractivity contribution is -0.140. The molecule has 0 saturated carbocycles. The fraction of sp³-hybridized carbons (Fsp3) is 0.360. The van der Waals surface area contributed by atoms with Crippen molar-refractivity contribution in [2.24, 2.45) is 5.41 Å². The Hall–Kier alpha value is -3.25. The third-order valence-electron chi connectivity index (χ3n) is 6.39. The average Bonchev–Trinajstić information content (AvgIpc) is 3.40. The normalized spacial score (nSPS) is 17.3. The summed E-state index contributed by atoms with van der Waals surface area (Å²) < 4.78 is 78.3. The summed E-state index contributed by atoms with van der Waals surface area (Å²) in [6, 6.07) is 7.82. The summed E-state index contributed by atoms with van der Waals surface area (Å²) in [5.41, 5.74) is -0.578. The number of alkyl halides is 3. The van der Waals surface area contributed by atoms with Crippen molar-refractivity contribution in [1.29, 1.82) is 0 Å². The van der Waals surface area contributed by atoms with Gasteiger partial charge in [-0.2, -0.15) is 18.3 Å². The smallest absolute Gasteiger partial charge is 0.419 e. The number of carbonyl (C=O) groups is 1. The summed E-state index contributed by atoms with van der Waals surface area (Å²) in [5.74, 6) is -1.43. The van der Waals surface area contributed by atoms with E-state index in [1.165, 1.54) is 23.4 Å². The van der Waals surface area contributed by atoms with Crippen LogP contribution in [-0.4, -0.2) is 50.9 Å². The molecule has 0 bridgehead atoms. The average molecular weight is 538 g/mol. The molecule has 1 aromatic heterocycles. The van der Waals surface area contributed by atoms with E-state index in [0.29, 0.717) is 47.8 Å². The van der Waals surface area contributed by atoms with Crippen molar-refractivity contribution in [2.75, 3.05) is 26.1 Å². The molecule has 3 heterocycles. The monoisotopic (exact) mass is 537 g/mol. The Morgan fingerprint density at radius 2 is 1.97 bits per heavy atom. The maximum Gasteiger partial charge on any atom is 0.419 e. The van der Waals surface area contributed by atoms with Gasteiger partial charge in [0.25, 0.3) is 5.91 Å². The zero-order chi connectivity index (χ0) is 26.5. The number of carbonyl (C=O) groups excluding carboxylic acids is 1. The number of aromatic nitrogens is 2. The van der Waals surface area contributed by atoms with Crippen molar-refractivity contribution < 1.29 is 36.0 Å². The molecule has 0 spiro atoms. The standard InChI is InChI=1S/C25H23F4N3O4S/c1-24(12-35-13-24)14-36-21-7-6-16(37(2)34)8-17(21)23(33)31-9-15-10-32(30-19(15)11-31)20-5-3-4-18(22(20)26)25(27,28)29/h3-8,10H,9,11-14H2,1-2H3. The van der Waals surface area contributed by atoms with Gasteiger partial charge in [0.15, 0.2) is 5.82 Å². The van der Waals surface area contributed by atoms with Gasteiger partial charge in [0, 0.05) is 45.7 Å². The zero-order valence-corrected chi connectivity index (χ0v) is 20.8. The van der Waals surface area contributed by atoms with Gasteiger partial charge in [-0.3, -0.25) is 9.00 Å². The predicted molar refractivity (Wildman–Crippen MR) is 125 cm³/mol. The molecule has 2 aromatic carbocycles. The minimum atomic E-state index is -4.83. The maximum atomic E-state index is 14.6. The Kier molecular flexibility index (Phi) is 6.35. The van der Waals surface area contributed by atoms with Crippen molar-refractivity contribution in [2.45, 2.75) is 31.1 Å². The molecule has 1 atom stereocenters. The van der Waals surface area contributed by atoms with Gasteiger partial charge in [0.1, 0.15) is 11.4 Å². The number of ether oxygens (including phenoxy) is 2. The third kappa shape index (κ3) is 4.87. The van der Waals surface area contributed by atoms with E-state index in [2.05, 4.69) is 5.10 Å². The lowest BCUT2D eigenvalue weighted by Crippen LogP contribution is -2.44. The van der Waals surface area contributed by atoms with Crippen molar-refractivity contribution in [3.05, 3.63) is 70.8 Å². The van der Waals surface area contributed by atoms with Crippen LogP contribution in [0.15, 0.2) is 47.5 Å². The van der Waals surface area contributed by atoms with Gasteiger partial charge < -0.3 is 14.4 Å². The van der Waals surface area contributed by atoms with Gasteiger partial charge in [-0.1, -0.05) is 13.0 Å². The van der Waals surface area contributed by atoms with Crippen LogP contribution in [0.5, 0.6) is 5.75 Å². The van der Waals surface area contributed by atoms with Gasteiger partial charge in [0.2, 0.25) is 0 Å². The summed E-state index contributed by atoms with van der Waals surface area (Å²) in [6.07, 6.45) is -1.90. The highest BCUT2D eigenvalue weighted by atomic mass is 32.2. The molecule has 0 radical (unpaired) electrons. The molecule has 2 aliphatic rings. The minimum Gasteiger partial charge on any atom is -0.492 e. The van der Waals surface area contributed by atoms with Crippen molar-refractivity contribution in [1.82, 2.24) is 14.7 Å². The highest BCUT2D eigenvalue weighted by molar-refractivity contribution is 7.84. The molecule has 196 valence electrons. The number of hydrogen-bond donors (Lipinski definition) is 0. The first kappa shape index (κ1) is 25.4. The van der Waals surface area contributed by atoms with E-state index < -0.39 is 28.4 Å². The summed E-state index contributed by atoms with van der Waals surface area (Å²) in [7, 11) is -1.32. The Balaban J connectivity index is 1.38. The molecule has 7 nitrogen and oxygen atoms in total. The lowest BCUT2D eigenvalue weighted by Gasteiger charge is -2.37. The third-order valence-corrected chi connectivity index (χ3v) is 7.31. The molecule has 2 aliphatic heterocycles. The first-order valence-electron chi connectivity index (χ1n) is 11.4. The second-order valence-electron chi connectivity index (χ2n) is 9.55. The van der Waals surface area contributed by atoms with Gasteiger partial charge in [-0.05, 0) is 30.3 Å². The Labute approximate surface area is 212 Å². The molecule has 1 fully saturated rings. The van der Waals surface area contributed by atoms with E-state index in [4.69, 9.17) is 9.47 Å². The summed E-state index contributed by atoms with van der Waals surface area (Å²) in [6.45, 7) is 3.66. The Morgan fingerprint density at radius 3 is 2.59 bits per heavy atom. The fourth-order valence-electron chi connectivity index (χ4n) is 4.27. The molecular weight excluding hydrogens is 514 g/mol. The first-order chi connectivity index (χ1) is 17.4. The van der Waals surface area contributed by atoms with Crippen molar-refractivity contribution in [3.8, 4) is 11.4 Å². The van der Waals surface area contributed by atoms with Gasteiger partial charge in [0.05, 0.1) is 43.2 Å². The molecule has 0 N–H and O–H groups in total. The summed E-state index contributed by atoms with van der Waals surface area (Å²) >= 11 is 0. The topological polar surface area (TPSA) is 73.7 Å². The largest absolute Gasteiger partial charge is 0.492 e. The van der Waals surface area contributed by atoms with Crippen LogP contribution in [-0.2, 0) is 34.8 Å². The molecular formula is C25H23F4N3O4S. The van der Waals surface area contributed by atoms with E-state index in [0.717, 1.165) is 10.7 Å². The number of benzene rings is 2. The molecule has 0 aliphatic carbocycles. The van der Waals surface area contributed by atoms with E-state index in [1.807, 2.05) is 6.92 Å². The number of fused-ring (bicyclic) bond motifs is 1. The number of halogens is 4. The molecule has 12 heteroatoms. The van der Waals surface area contributed by atoms with Crippen LogP contribution in [0.2, 0.25) is 0 Å². The van der Waals surface area contributed by atoms with E-state index in [-0.39, 0.29) is 35.7 Å². The second kappa shape index (κ2) is 9.25. The van der Waals surface area contributed by atoms with Gasteiger partial charge in [-0.15, -0.1) is 0 Å². The number of rotatable bonds is 6. The molecule has 37 heavy (non-hydrogen) atoms. The molecule has 1 unspecified atom stereocenters. The SMILES string of the molecule is CS(=O)c1ccc(OCC2(C)COC2)c(C(=O)N2Cc3cn(-c4cccc(C(F)(F)F)c4F)nc3C2)c1. The van der Waals surface area contributed by atoms with Crippen LogP contribution >= 0.6 is 0 Å². The zero-order valence-electron chi connectivity index (χ0n) is 20.0. The quantitative estimate of drug-likeness (QED) is 0.438. The first-order valence-corrected chi connectivity index (χ1v) is 12.9. The van der Waals surface area contributed by atoms with E-state index >= 15 is 0 Å². The molecule has 1 amide bonds. The van der Waals surface area contributed by atoms with E-state index in [9.17, 15) is 26.6 Å².